The smallest absolute Gasteiger partial charge is 0.319 e. The highest BCUT2D eigenvalue weighted by atomic mass is 79.9. The molecule has 10 nitrogen and oxygen atoms in total. The average Bonchev–Trinajstić information content (AvgIpc) is 3.14. The van der Waals surface area contributed by atoms with E-state index in [0.29, 0.717) is 27.2 Å². The SMILES string of the molecule is O=C1CCC(N2C(=O)c3ccc(CNC(=O)Nc4ccc(Oc5ccccc5)c(Br)c4)cc3C2=O)C(=O)N1. The molecule has 1 saturated heterocycles. The molecule has 1 unspecified atom stereocenters. The van der Waals surface area contributed by atoms with E-state index < -0.39 is 35.7 Å². The number of ether oxygens (including phenoxy) is 1. The van der Waals surface area contributed by atoms with Crippen molar-refractivity contribution in [3.63, 3.8) is 0 Å². The molecule has 2 aliphatic rings. The number of para-hydroxylation sites is 1. The van der Waals surface area contributed by atoms with Gasteiger partial charge in [-0.1, -0.05) is 24.3 Å². The highest BCUT2D eigenvalue weighted by molar-refractivity contribution is 9.10. The van der Waals surface area contributed by atoms with Gasteiger partial charge >= 0.3 is 6.03 Å². The number of halogens is 1. The van der Waals surface area contributed by atoms with Crippen molar-refractivity contribution in [1.29, 1.82) is 0 Å². The number of rotatable bonds is 6. The predicted octanol–water partition coefficient (Wildman–Crippen LogP) is 3.96. The molecule has 0 bridgehead atoms. The predicted molar refractivity (Wildman–Crippen MR) is 140 cm³/mol. The fourth-order valence-corrected chi connectivity index (χ4v) is 4.72. The number of benzene rings is 3. The lowest BCUT2D eigenvalue weighted by atomic mass is 10.0. The fourth-order valence-electron chi connectivity index (χ4n) is 4.26. The van der Waals surface area contributed by atoms with Crippen molar-refractivity contribution >= 4 is 51.3 Å². The van der Waals surface area contributed by atoms with Crippen LogP contribution in [-0.2, 0) is 16.1 Å². The number of nitrogens with zero attached hydrogens (tertiary/aromatic N) is 1. The lowest BCUT2D eigenvalue weighted by Gasteiger charge is -2.27. The Kier molecular flexibility index (Phi) is 6.93. The maximum absolute atomic E-state index is 13.0. The quantitative estimate of drug-likeness (QED) is 0.380. The number of hydrogen-bond acceptors (Lipinski definition) is 6. The van der Waals surface area contributed by atoms with Crippen molar-refractivity contribution in [3.05, 3.63) is 87.9 Å². The van der Waals surface area contributed by atoms with Gasteiger partial charge in [0.1, 0.15) is 17.5 Å². The molecular weight excluding hydrogens is 556 g/mol. The van der Waals surface area contributed by atoms with Gasteiger partial charge in [0.05, 0.1) is 15.6 Å². The molecule has 2 heterocycles. The number of fused-ring (bicyclic) bond motifs is 1. The zero-order valence-electron chi connectivity index (χ0n) is 19.8. The minimum Gasteiger partial charge on any atom is -0.456 e. The zero-order chi connectivity index (χ0) is 26.8. The molecule has 2 aliphatic heterocycles. The summed E-state index contributed by atoms with van der Waals surface area (Å²) in [5.74, 6) is -1.01. The summed E-state index contributed by atoms with van der Waals surface area (Å²) in [6.45, 7) is 0.0926. The van der Waals surface area contributed by atoms with Crippen LogP contribution in [0.2, 0.25) is 0 Å². The van der Waals surface area contributed by atoms with E-state index in [1.165, 1.54) is 12.1 Å². The number of hydrogen-bond donors (Lipinski definition) is 3. The van der Waals surface area contributed by atoms with E-state index in [0.717, 1.165) is 4.90 Å². The van der Waals surface area contributed by atoms with Crippen molar-refractivity contribution in [2.24, 2.45) is 0 Å². The van der Waals surface area contributed by atoms with Gasteiger partial charge in [0.15, 0.2) is 0 Å². The van der Waals surface area contributed by atoms with Crippen LogP contribution in [0, 0.1) is 0 Å². The first-order valence-electron chi connectivity index (χ1n) is 11.7. The molecule has 0 spiro atoms. The largest absolute Gasteiger partial charge is 0.456 e. The van der Waals surface area contributed by atoms with Gasteiger partial charge in [-0.05, 0) is 70.4 Å². The van der Waals surface area contributed by atoms with Gasteiger partial charge in [-0.25, -0.2) is 4.79 Å². The third-order valence-electron chi connectivity index (χ3n) is 6.12. The summed E-state index contributed by atoms with van der Waals surface area (Å²) in [6.07, 6.45) is 0.133. The molecule has 1 fully saturated rings. The summed E-state index contributed by atoms with van der Waals surface area (Å²) >= 11 is 3.45. The van der Waals surface area contributed by atoms with Gasteiger partial charge in [-0.2, -0.15) is 0 Å². The Labute approximate surface area is 225 Å². The lowest BCUT2D eigenvalue weighted by Crippen LogP contribution is -2.54. The lowest BCUT2D eigenvalue weighted by molar-refractivity contribution is -0.136. The van der Waals surface area contributed by atoms with Crippen LogP contribution in [0.4, 0.5) is 10.5 Å². The molecule has 0 aliphatic carbocycles. The summed E-state index contributed by atoms with van der Waals surface area (Å²) in [6, 6.07) is 17.6. The standard InChI is InChI=1S/C27H21BrN4O6/c28-20-13-16(7-10-22(20)38-17-4-2-1-3-5-17)30-27(37)29-14-15-6-8-18-19(12-15)26(36)32(25(18)35)21-9-11-23(33)31-24(21)34/h1-8,10,12-13,21H,9,11,14H2,(H2,29,30,37)(H,31,33,34). The third-order valence-corrected chi connectivity index (χ3v) is 6.74. The number of carbonyl (C=O) groups excluding carboxylic acids is 5. The van der Waals surface area contributed by atoms with Crippen LogP contribution in [0.5, 0.6) is 11.5 Å². The molecule has 1 atom stereocenters. The molecule has 0 saturated carbocycles. The normalized spacial score (nSPS) is 16.7. The van der Waals surface area contributed by atoms with Crippen LogP contribution in [0.25, 0.3) is 0 Å². The summed E-state index contributed by atoms with van der Waals surface area (Å²) < 4.78 is 6.47. The number of nitrogens with one attached hydrogen (secondary N) is 3. The Morgan fingerprint density at radius 2 is 1.74 bits per heavy atom. The maximum Gasteiger partial charge on any atom is 0.319 e. The average molecular weight is 577 g/mol. The Morgan fingerprint density at radius 1 is 0.974 bits per heavy atom. The number of urea groups is 1. The van der Waals surface area contributed by atoms with Crippen molar-refractivity contribution in [2.75, 3.05) is 5.32 Å². The van der Waals surface area contributed by atoms with E-state index in [1.807, 2.05) is 30.3 Å². The molecule has 0 aromatic heterocycles. The van der Waals surface area contributed by atoms with E-state index in [9.17, 15) is 24.0 Å². The second kappa shape index (κ2) is 10.5. The van der Waals surface area contributed by atoms with Crippen LogP contribution in [0.3, 0.4) is 0 Å². The molecule has 3 aromatic carbocycles. The maximum atomic E-state index is 13.0. The molecule has 5 rings (SSSR count). The molecular formula is C27H21BrN4O6. The summed E-state index contributed by atoms with van der Waals surface area (Å²) in [4.78, 5) is 62.8. The molecule has 38 heavy (non-hydrogen) atoms. The highest BCUT2D eigenvalue weighted by Crippen LogP contribution is 2.32. The van der Waals surface area contributed by atoms with Crippen molar-refractivity contribution in [2.45, 2.75) is 25.4 Å². The van der Waals surface area contributed by atoms with Gasteiger partial charge in [-0.15, -0.1) is 0 Å². The number of carbonyl (C=O) groups is 5. The number of imide groups is 2. The Morgan fingerprint density at radius 3 is 2.47 bits per heavy atom. The van der Waals surface area contributed by atoms with E-state index in [4.69, 9.17) is 4.74 Å². The van der Waals surface area contributed by atoms with E-state index in [1.54, 1.807) is 24.3 Å². The first kappa shape index (κ1) is 25.2. The second-order valence-electron chi connectivity index (χ2n) is 8.70. The zero-order valence-corrected chi connectivity index (χ0v) is 21.4. The van der Waals surface area contributed by atoms with Gasteiger partial charge in [-0.3, -0.25) is 29.4 Å². The van der Waals surface area contributed by atoms with Crippen LogP contribution in [-0.4, -0.2) is 40.6 Å². The number of piperidine rings is 1. The number of anilines is 1. The van der Waals surface area contributed by atoms with Crippen LogP contribution in [0.15, 0.2) is 71.2 Å². The fraction of sp³-hybridized carbons (Fsp3) is 0.148. The third kappa shape index (κ3) is 5.14. The van der Waals surface area contributed by atoms with Crippen molar-refractivity contribution < 1.29 is 28.7 Å². The van der Waals surface area contributed by atoms with E-state index in [-0.39, 0.29) is 30.5 Å². The minimum absolute atomic E-state index is 0.0490. The Bertz CT molecular complexity index is 1480. The first-order valence-corrected chi connectivity index (χ1v) is 12.5. The van der Waals surface area contributed by atoms with Crippen molar-refractivity contribution in [3.8, 4) is 11.5 Å². The number of amides is 6. The first-order chi connectivity index (χ1) is 18.3. The molecule has 192 valence electrons. The van der Waals surface area contributed by atoms with Gasteiger partial charge in [0.2, 0.25) is 11.8 Å². The van der Waals surface area contributed by atoms with Crippen LogP contribution >= 0.6 is 15.9 Å². The molecule has 3 N–H and O–H groups in total. The molecule has 6 amide bonds. The highest BCUT2D eigenvalue weighted by Gasteiger charge is 2.44. The van der Waals surface area contributed by atoms with Gasteiger partial charge in [0, 0.05) is 18.7 Å². The van der Waals surface area contributed by atoms with Gasteiger partial charge in [0.25, 0.3) is 11.8 Å². The molecule has 0 radical (unpaired) electrons. The molecule has 11 heteroatoms. The van der Waals surface area contributed by atoms with Crippen LogP contribution < -0.4 is 20.7 Å². The Balaban J connectivity index is 1.20. The van der Waals surface area contributed by atoms with E-state index >= 15 is 0 Å². The Hall–Kier alpha value is -4.51. The second-order valence-corrected chi connectivity index (χ2v) is 9.55. The van der Waals surface area contributed by atoms with E-state index in [2.05, 4.69) is 31.9 Å². The summed E-state index contributed by atoms with van der Waals surface area (Å²) in [5.41, 5.74) is 1.45. The summed E-state index contributed by atoms with van der Waals surface area (Å²) in [7, 11) is 0. The minimum atomic E-state index is -1.03. The van der Waals surface area contributed by atoms with Gasteiger partial charge < -0.3 is 15.4 Å². The summed E-state index contributed by atoms with van der Waals surface area (Å²) in [5, 5.41) is 7.62. The molecule has 3 aromatic rings. The topological polar surface area (TPSA) is 134 Å². The van der Waals surface area contributed by atoms with Crippen molar-refractivity contribution in [1.82, 2.24) is 15.5 Å². The monoisotopic (exact) mass is 576 g/mol. The van der Waals surface area contributed by atoms with Crippen LogP contribution in [0.1, 0.15) is 39.1 Å².